The molecular weight excluding hydrogens is 274 g/mol. The summed E-state index contributed by atoms with van der Waals surface area (Å²) in [5.74, 6) is 3.17. The summed E-state index contributed by atoms with van der Waals surface area (Å²) < 4.78 is 0. The van der Waals surface area contributed by atoms with Gasteiger partial charge in [0.2, 0.25) is 0 Å². The number of thioether (sulfide) groups is 1. The van der Waals surface area contributed by atoms with E-state index in [1.807, 2.05) is 23.9 Å². The van der Waals surface area contributed by atoms with E-state index < -0.39 is 0 Å². The molecule has 0 aliphatic carbocycles. The van der Waals surface area contributed by atoms with Crippen molar-refractivity contribution in [1.82, 2.24) is 5.32 Å². The fourth-order valence-corrected chi connectivity index (χ4v) is 3.27. The topological polar surface area (TPSA) is 12.0 Å². The molecule has 0 bridgehead atoms. The minimum Gasteiger partial charge on any atom is -0.313 e. The van der Waals surface area contributed by atoms with Crippen molar-refractivity contribution in [3.05, 3.63) is 34.9 Å². The maximum absolute atomic E-state index is 6.05. The summed E-state index contributed by atoms with van der Waals surface area (Å²) >= 11 is 8.10. The van der Waals surface area contributed by atoms with Crippen molar-refractivity contribution in [2.24, 2.45) is 5.92 Å². The lowest BCUT2D eigenvalue weighted by atomic mass is 10.1. The van der Waals surface area contributed by atoms with Crippen LogP contribution in [0.1, 0.15) is 32.8 Å². The van der Waals surface area contributed by atoms with Gasteiger partial charge in [0.15, 0.2) is 0 Å². The molecule has 1 aromatic carbocycles. The Morgan fingerprint density at radius 3 is 2.68 bits per heavy atom. The normalized spacial score (nSPS) is 12.9. The molecule has 0 aliphatic heterocycles. The number of halogens is 1. The van der Waals surface area contributed by atoms with Crippen LogP contribution in [0, 0.1) is 5.92 Å². The Morgan fingerprint density at radius 1 is 1.26 bits per heavy atom. The quantitative estimate of drug-likeness (QED) is 0.713. The van der Waals surface area contributed by atoms with Gasteiger partial charge in [0.05, 0.1) is 0 Å². The van der Waals surface area contributed by atoms with Crippen molar-refractivity contribution in [1.29, 1.82) is 0 Å². The molecule has 1 aromatic rings. The van der Waals surface area contributed by atoms with E-state index in [1.54, 1.807) is 0 Å². The molecule has 1 rings (SSSR count). The molecule has 1 N–H and O–H groups in total. The zero-order valence-electron chi connectivity index (χ0n) is 12.3. The molecule has 108 valence electrons. The van der Waals surface area contributed by atoms with Crippen LogP contribution in [0.4, 0.5) is 0 Å². The van der Waals surface area contributed by atoms with Crippen LogP contribution < -0.4 is 5.32 Å². The standard InChI is InChI=1S/C16H26ClNS/c1-4-8-18-16(12-19-11-13(2)3)10-14-6-5-7-15(17)9-14/h5-7,9,13,16,18H,4,8,10-12H2,1-3H3. The van der Waals surface area contributed by atoms with E-state index in [0.29, 0.717) is 6.04 Å². The van der Waals surface area contributed by atoms with Crippen molar-refractivity contribution in [2.75, 3.05) is 18.1 Å². The number of nitrogens with one attached hydrogen (secondary N) is 1. The minimum absolute atomic E-state index is 0.544. The van der Waals surface area contributed by atoms with Gasteiger partial charge < -0.3 is 5.32 Å². The molecule has 1 atom stereocenters. The second-order valence-corrected chi connectivity index (χ2v) is 6.93. The Morgan fingerprint density at radius 2 is 2.05 bits per heavy atom. The SMILES string of the molecule is CCCNC(CSCC(C)C)Cc1cccc(Cl)c1. The number of hydrogen-bond donors (Lipinski definition) is 1. The lowest BCUT2D eigenvalue weighted by Crippen LogP contribution is -2.34. The molecule has 3 heteroatoms. The van der Waals surface area contributed by atoms with Crippen LogP contribution in [-0.2, 0) is 6.42 Å². The lowest BCUT2D eigenvalue weighted by molar-refractivity contribution is 0.549. The first-order valence-corrected chi connectivity index (χ1v) is 8.70. The van der Waals surface area contributed by atoms with E-state index in [-0.39, 0.29) is 0 Å². The highest BCUT2D eigenvalue weighted by Gasteiger charge is 2.09. The van der Waals surface area contributed by atoms with Gasteiger partial charge in [0, 0.05) is 16.8 Å². The summed E-state index contributed by atoms with van der Waals surface area (Å²) in [4.78, 5) is 0. The van der Waals surface area contributed by atoms with E-state index in [2.05, 4.69) is 38.2 Å². The highest BCUT2D eigenvalue weighted by atomic mass is 35.5. The Labute approximate surface area is 127 Å². The minimum atomic E-state index is 0.544. The zero-order chi connectivity index (χ0) is 14.1. The van der Waals surface area contributed by atoms with Crippen LogP contribution >= 0.6 is 23.4 Å². The lowest BCUT2D eigenvalue weighted by Gasteiger charge is -2.19. The van der Waals surface area contributed by atoms with Gasteiger partial charge >= 0.3 is 0 Å². The Bertz CT molecular complexity index is 354. The second kappa shape index (κ2) is 9.68. The zero-order valence-corrected chi connectivity index (χ0v) is 13.9. The molecule has 0 amide bonds. The van der Waals surface area contributed by atoms with Gasteiger partial charge in [-0.25, -0.2) is 0 Å². The van der Waals surface area contributed by atoms with Crippen LogP contribution in [0.2, 0.25) is 5.02 Å². The molecule has 0 spiro atoms. The molecule has 0 saturated heterocycles. The molecule has 0 radical (unpaired) electrons. The first-order chi connectivity index (χ1) is 9.11. The maximum Gasteiger partial charge on any atom is 0.0408 e. The van der Waals surface area contributed by atoms with Crippen LogP contribution in [0.25, 0.3) is 0 Å². The molecule has 19 heavy (non-hydrogen) atoms. The highest BCUT2D eigenvalue weighted by molar-refractivity contribution is 7.99. The van der Waals surface area contributed by atoms with E-state index in [4.69, 9.17) is 11.6 Å². The molecule has 0 fully saturated rings. The third kappa shape index (κ3) is 7.86. The summed E-state index contributed by atoms with van der Waals surface area (Å²) in [5.41, 5.74) is 1.33. The molecule has 1 nitrogen and oxygen atoms in total. The first-order valence-electron chi connectivity index (χ1n) is 7.17. The third-order valence-electron chi connectivity index (χ3n) is 2.82. The van der Waals surface area contributed by atoms with E-state index in [9.17, 15) is 0 Å². The van der Waals surface area contributed by atoms with Crippen molar-refractivity contribution in [2.45, 2.75) is 39.7 Å². The predicted molar refractivity (Wildman–Crippen MR) is 89.4 cm³/mol. The molecular formula is C16H26ClNS. The average molecular weight is 300 g/mol. The van der Waals surface area contributed by atoms with Gasteiger partial charge in [0.1, 0.15) is 0 Å². The fourth-order valence-electron chi connectivity index (χ4n) is 1.93. The van der Waals surface area contributed by atoms with Gasteiger partial charge in [-0.15, -0.1) is 0 Å². The van der Waals surface area contributed by atoms with Gasteiger partial charge in [-0.3, -0.25) is 0 Å². The van der Waals surface area contributed by atoms with Gasteiger partial charge in [-0.05, 0) is 48.8 Å². The fraction of sp³-hybridized carbons (Fsp3) is 0.625. The van der Waals surface area contributed by atoms with E-state index in [0.717, 1.165) is 23.9 Å². The molecule has 1 unspecified atom stereocenters. The monoisotopic (exact) mass is 299 g/mol. The summed E-state index contributed by atoms with van der Waals surface area (Å²) in [6.07, 6.45) is 2.24. The van der Waals surface area contributed by atoms with Crippen molar-refractivity contribution in [3.8, 4) is 0 Å². The summed E-state index contributed by atoms with van der Waals surface area (Å²) in [6, 6.07) is 8.76. The van der Waals surface area contributed by atoms with E-state index in [1.165, 1.54) is 23.5 Å². The molecule has 0 aliphatic rings. The summed E-state index contributed by atoms with van der Waals surface area (Å²) in [5, 5.41) is 4.48. The van der Waals surface area contributed by atoms with Crippen LogP contribution in [0.15, 0.2) is 24.3 Å². The highest BCUT2D eigenvalue weighted by Crippen LogP contribution is 2.15. The number of benzene rings is 1. The van der Waals surface area contributed by atoms with Gasteiger partial charge in [-0.1, -0.05) is 44.5 Å². The van der Waals surface area contributed by atoms with Gasteiger partial charge in [0.25, 0.3) is 0 Å². The van der Waals surface area contributed by atoms with Gasteiger partial charge in [-0.2, -0.15) is 11.8 Å². The second-order valence-electron chi connectivity index (χ2n) is 5.42. The van der Waals surface area contributed by atoms with Crippen molar-refractivity contribution >= 4 is 23.4 Å². The van der Waals surface area contributed by atoms with Crippen molar-refractivity contribution < 1.29 is 0 Å². The smallest absolute Gasteiger partial charge is 0.0408 e. The predicted octanol–water partition coefficient (Wildman–Crippen LogP) is 4.64. The van der Waals surface area contributed by atoms with Crippen molar-refractivity contribution in [3.63, 3.8) is 0 Å². The van der Waals surface area contributed by atoms with Crippen LogP contribution in [0.3, 0.4) is 0 Å². The largest absolute Gasteiger partial charge is 0.313 e. The molecule has 0 aromatic heterocycles. The number of rotatable bonds is 9. The molecule has 0 saturated carbocycles. The Kier molecular flexibility index (Phi) is 8.60. The average Bonchev–Trinajstić information content (AvgIpc) is 2.35. The third-order valence-corrected chi connectivity index (χ3v) is 4.60. The number of hydrogen-bond acceptors (Lipinski definition) is 2. The van der Waals surface area contributed by atoms with E-state index >= 15 is 0 Å². The maximum atomic E-state index is 6.05. The molecule has 0 heterocycles. The summed E-state index contributed by atoms with van der Waals surface area (Å²) in [6.45, 7) is 7.86. The first kappa shape index (κ1) is 16.9. The Balaban J connectivity index is 2.48. The van der Waals surface area contributed by atoms with Crippen LogP contribution in [-0.4, -0.2) is 24.1 Å². The Hall–Kier alpha value is -0.180. The summed E-state index contributed by atoms with van der Waals surface area (Å²) in [7, 11) is 0. The van der Waals surface area contributed by atoms with Crippen LogP contribution in [0.5, 0.6) is 0 Å².